The minimum absolute atomic E-state index is 0.0906. The van der Waals surface area contributed by atoms with Crippen LogP contribution in [0.5, 0.6) is 0 Å². The summed E-state index contributed by atoms with van der Waals surface area (Å²) >= 11 is 0. The Labute approximate surface area is 98.6 Å². The molecule has 0 bridgehead atoms. The van der Waals surface area contributed by atoms with Crippen molar-refractivity contribution < 1.29 is 14.3 Å². The summed E-state index contributed by atoms with van der Waals surface area (Å²) in [5, 5.41) is 0. The monoisotopic (exact) mass is 228 g/mol. The molecule has 0 saturated carbocycles. The van der Waals surface area contributed by atoms with Crippen LogP contribution in [0.3, 0.4) is 0 Å². The van der Waals surface area contributed by atoms with Gasteiger partial charge < -0.3 is 4.74 Å². The van der Waals surface area contributed by atoms with Crippen LogP contribution in [0, 0.1) is 0 Å². The molecular weight excluding hydrogens is 204 g/mol. The van der Waals surface area contributed by atoms with E-state index in [1.54, 1.807) is 0 Å². The van der Waals surface area contributed by atoms with E-state index in [0.717, 1.165) is 12.8 Å². The highest BCUT2D eigenvalue weighted by Crippen LogP contribution is 2.06. The number of ether oxygens (including phenoxy) is 1. The van der Waals surface area contributed by atoms with Crippen molar-refractivity contribution in [2.75, 3.05) is 0 Å². The average molecular weight is 228 g/mol. The Balaban J connectivity index is 3.46. The topological polar surface area (TPSA) is 43.4 Å². The molecule has 94 valence electrons. The predicted molar refractivity (Wildman–Crippen MR) is 64.2 cm³/mol. The van der Waals surface area contributed by atoms with Crippen LogP contribution < -0.4 is 0 Å². The average Bonchev–Trinajstić information content (AvgIpc) is 2.20. The van der Waals surface area contributed by atoms with Crippen molar-refractivity contribution in [1.82, 2.24) is 0 Å². The Morgan fingerprint density at radius 1 is 1.00 bits per heavy atom. The SMILES string of the molecule is CCCCCCC(=O)CCC(=O)OC(C)C. The summed E-state index contributed by atoms with van der Waals surface area (Å²) in [6, 6.07) is 0. The zero-order chi connectivity index (χ0) is 12.4. The number of unbranched alkanes of at least 4 members (excludes halogenated alkanes) is 3. The summed E-state index contributed by atoms with van der Waals surface area (Å²) in [7, 11) is 0. The van der Waals surface area contributed by atoms with Crippen LogP contribution in [-0.2, 0) is 14.3 Å². The first kappa shape index (κ1) is 15.1. The van der Waals surface area contributed by atoms with Crippen LogP contribution >= 0.6 is 0 Å². The highest BCUT2D eigenvalue weighted by Gasteiger charge is 2.09. The summed E-state index contributed by atoms with van der Waals surface area (Å²) in [6.07, 6.45) is 5.49. The van der Waals surface area contributed by atoms with E-state index in [1.165, 1.54) is 12.8 Å². The molecule has 0 atom stereocenters. The van der Waals surface area contributed by atoms with Crippen LogP contribution in [0.1, 0.15) is 65.7 Å². The summed E-state index contributed by atoms with van der Waals surface area (Å²) in [4.78, 5) is 22.5. The molecule has 16 heavy (non-hydrogen) atoms. The molecule has 0 fully saturated rings. The van der Waals surface area contributed by atoms with E-state index in [-0.39, 0.29) is 24.3 Å². The Kier molecular flexibility index (Phi) is 8.87. The van der Waals surface area contributed by atoms with E-state index in [2.05, 4.69) is 6.92 Å². The molecule has 0 aromatic rings. The Morgan fingerprint density at radius 3 is 2.25 bits per heavy atom. The maximum absolute atomic E-state index is 11.4. The van der Waals surface area contributed by atoms with E-state index < -0.39 is 0 Å². The number of ketones is 1. The molecule has 0 aliphatic rings. The molecule has 0 spiro atoms. The minimum atomic E-state index is -0.267. The van der Waals surface area contributed by atoms with E-state index in [1.807, 2.05) is 13.8 Å². The molecule has 0 N–H and O–H groups in total. The molecule has 0 saturated heterocycles. The molecular formula is C13H24O3. The third-order valence-electron chi connectivity index (χ3n) is 2.28. The molecule has 3 nitrogen and oxygen atoms in total. The Morgan fingerprint density at radius 2 is 1.69 bits per heavy atom. The molecule has 0 aromatic carbocycles. The van der Waals surface area contributed by atoms with Crippen LogP contribution in [0.15, 0.2) is 0 Å². The second kappa shape index (κ2) is 9.37. The molecule has 0 radical (unpaired) electrons. The van der Waals surface area contributed by atoms with E-state index in [9.17, 15) is 9.59 Å². The number of carbonyl (C=O) groups is 2. The van der Waals surface area contributed by atoms with Gasteiger partial charge in [0, 0.05) is 12.8 Å². The summed E-state index contributed by atoms with van der Waals surface area (Å²) in [5.41, 5.74) is 0. The number of hydrogen-bond acceptors (Lipinski definition) is 3. The molecule has 3 heteroatoms. The van der Waals surface area contributed by atoms with Crippen molar-refractivity contribution in [2.24, 2.45) is 0 Å². The van der Waals surface area contributed by atoms with Crippen molar-refractivity contribution in [2.45, 2.75) is 71.8 Å². The normalized spacial score (nSPS) is 10.5. The minimum Gasteiger partial charge on any atom is -0.463 e. The van der Waals surface area contributed by atoms with Gasteiger partial charge in [-0.15, -0.1) is 0 Å². The summed E-state index contributed by atoms with van der Waals surface area (Å²) in [6.45, 7) is 5.76. The van der Waals surface area contributed by atoms with Crippen molar-refractivity contribution in [1.29, 1.82) is 0 Å². The van der Waals surface area contributed by atoms with Crippen molar-refractivity contribution in [3.63, 3.8) is 0 Å². The third kappa shape index (κ3) is 9.69. The second-order valence-corrected chi connectivity index (χ2v) is 4.39. The third-order valence-corrected chi connectivity index (χ3v) is 2.28. The molecule has 0 aliphatic carbocycles. The van der Waals surface area contributed by atoms with Crippen LogP contribution in [0.2, 0.25) is 0 Å². The smallest absolute Gasteiger partial charge is 0.306 e. The number of esters is 1. The van der Waals surface area contributed by atoms with Gasteiger partial charge in [-0.05, 0) is 20.3 Å². The molecule has 0 rings (SSSR count). The lowest BCUT2D eigenvalue weighted by Gasteiger charge is -2.07. The Hall–Kier alpha value is -0.860. The number of carbonyl (C=O) groups excluding carboxylic acids is 2. The first-order valence-corrected chi connectivity index (χ1v) is 6.27. The van der Waals surface area contributed by atoms with Gasteiger partial charge in [-0.25, -0.2) is 0 Å². The van der Waals surface area contributed by atoms with Gasteiger partial charge in [-0.1, -0.05) is 26.2 Å². The first-order chi connectivity index (χ1) is 7.56. The highest BCUT2D eigenvalue weighted by atomic mass is 16.5. The fourth-order valence-electron chi connectivity index (χ4n) is 1.44. The standard InChI is InChI=1S/C13H24O3/c1-4-5-6-7-8-12(14)9-10-13(15)16-11(2)3/h11H,4-10H2,1-3H3. The van der Waals surface area contributed by atoms with Crippen LogP contribution in [0.25, 0.3) is 0 Å². The lowest BCUT2D eigenvalue weighted by atomic mass is 10.1. The van der Waals surface area contributed by atoms with Gasteiger partial charge in [0.1, 0.15) is 5.78 Å². The van der Waals surface area contributed by atoms with Crippen LogP contribution in [0.4, 0.5) is 0 Å². The summed E-state index contributed by atoms with van der Waals surface area (Å²) in [5.74, 6) is -0.0892. The van der Waals surface area contributed by atoms with E-state index in [0.29, 0.717) is 12.8 Å². The fraction of sp³-hybridized carbons (Fsp3) is 0.846. The van der Waals surface area contributed by atoms with Crippen molar-refractivity contribution in [3.8, 4) is 0 Å². The van der Waals surface area contributed by atoms with E-state index in [4.69, 9.17) is 4.74 Å². The molecule has 0 aliphatic heterocycles. The lowest BCUT2D eigenvalue weighted by Crippen LogP contribution is -2.12. The highest BCUT2D eigenvalue weighted by molar-refractivity contribution is 5.82. The zero-order valence-corrected chi connectivity index (χ0v) is 10.8. The number of rotatable bonds is 9. The quantitative estimate of drug-likeness (QED) is 0.449. The predicted octanol–water partition coefficient (Wildman–Crippen LogP) is 3.26. The first-order valence-electron chi connectivity index (χ1n) is 6.27. The Bertz CT molecular complexity index is 209. The maximum atomic E-state index is 11.4. The largest absolute Gasteiger partial charge is 0.463 e. The molecule has 0 unspecified atom stereocenters. The van der Waals surface area contributed by atoms with Crippen molar-refractivity contribution >= 4 is 11.8 Å². The van der Waals surface area contributed by atoms with Gasteiger partial charge in [-0.3, -0.25) is 9.59 Å². The van der Waals surface area contributed by atoms with Gasteiger partial charge >= 0.3 is 5.97 Å². The van der Waals surface area contributed by atoms with Crippen molar-refractivity contribution in [3.05, 3.63) is 0 Å². The van der Waals surface area contributed by atoms with Gasteiger partial charge in [0.25, 0.3) is 0 Å². The van der Waals surface area contributed by atoms with E-state index >= 15 is 0 Å². The van der Waals surface area contributed by atoms with Gasteiger partial charge in [-0.2, -0.15) is 0 Å². The summed E-state index contributed by atoms with van der Waals surface area (Å²) < 4.78 is 4.95. The lowest BCUT2D eigenvalue weighted by molar-refractivity contribution is -0.148. The molecule has 0 heterocycles. The number of Topliss-reactive ketones (excluding diaryl/α,β-unsaturated/α-hetero) is 1. The second-order valence-electron chi connectivity index (χ2n) is 4.39. The molecule has 0 aromatic heterocycles. The van der Waals surface area contributed by atoms with Gasteiger partial charge in [0.05, 0.1) is 12.5 Å². The zero-order valence-electron chi connectivity index (χ0n) is 10.8. The van der Waals surface area contributed by atoms with Gasteiger partial charge in [0.2, 0.25) is 0 Å². The number of hydrogen-bond donors (Lipinski definition) is 0. The molecule has 0 amide bonds. The fourth-order valence-corrected chi connectivity index (χ4v) is 1.44. The maximum Gasteiger partial charge on any atom is 0.306 e. The van der Waals surface area contributed by atoms with Gasteiger partial charge in [0.15, 0.2) is 0 Å². The van der Waals surface area contributed by atoms with Crippen LogP contribution in [-0.4, -0.2) is 17.9 Å².